The van der Waals surface area contributed by atoms with Gasteiger partial charge >= 0.3 is 0 Å². The van der Waals surface area contributed by atoms with Gasteiger partial charge < -0.3 is 4.98 Å². The molecule has 112 valence electrons. The summed E-state index contributed by atoms with van der Waals surface area (Å²) in [7, 11) is 0. The summed E-state index contributed by atoms with van der Waals surface area (Å²) < 4.78 is 0. The van der Waals surface area contributed by atoms with E-state index in [0.29, 0.717) is 26.5 Å². The minimum Gasteiger partial charge on any atom is -0.348 e. The van der Waals surface area contributed by atoms with Crippen molar-refractivity contribution in [1.82, 2.24) is 9.97 Å². The Balaban J connectivity index is 1.87. The summed E-state index contributed by atoms with van der Waals surface area (Å²) in [6.45, 7) is 0. The first kappa shape index (κ1) is 15.7. The summed E-state index contributed by atoms with van der Waals surface area (Å²) in [4.78, 5) is 7.70. The molecule has 0 amide bonds. The maximum Gasteiger partial charge on any atom is 0.111 e. The smallest absolute Gasteiger partial charge is 0.111 e. The Labute approximate surface area is 148 Å². The van der Waals surface area contributed by atoms with Gasteiger partial charge in [0, 0.05) is 33.2 Å². The van der Waals surface area contributed by atoms with E-state index in [9.17, 15) is 0 Å². The van der Waals surface area contributed by atoms with Gasteiger partial charge in [0.25, 0.3) is 0 Å². The van der Waals surface area contributed by atoms with E-state index < -0.39 is 0 Å². The summed E-state index contributed by atoms with van der Waals surface area (Å²) in [5.74, 6) is 0.797. The van der Waals surface area contributed by atoms with E-state index >= 15 is 0 Å². The van der Waals surface area contributed by atoms with Gasteiger partial charge in [-0.3, -0.25) is 0 Å². The number of nitrogens with zero attached hydrogens (tertiary/aromatic N) is 1. The first-order valence-corrected chi connectivity index (χ1v) is 7.98. The Morgan fingerprint density at radius 1 is 0.864 bits per heavy atom. The maximum atomic E-state index is 6.20. The second-order valence-electron chi connectivity index (χ2n) is 4.77. The van der Waals surface area contributed by atoms with E-state index in [0.717, 1.165) is 22.6 Å². The molecule has 6 heteroatoms. The SMILES string of the molecule is Clc1ccc(Cc2nc(-c3ccc(Cl)cc3Cl)c[nH]2)c(Cl)c1. The zero-order valence-electron chi connectivity index (χ0n) is 11.2. The number of hydrogen-bond donors (Lipinski definition) is 1. The molecule has 0 spiro atoms. The summed E-state index contributed by atoms with van der Waals surface area (Å²) in [5.41, 5.74) is 2.55. The highest BCUT2D eigenvalue weighted by molar-refractivity contribution is 6.36. The third-order valence-electron chi connectivity index (χ3n) is 3.21. The first-order valence-electron chi connectivity index (χ1n) is 6.46. The fourth-order valence-corrected chi connectivity index (χ4v) is 3.11. The van der Waals surface area contributed by atoms with Gasteiger partial charge in [0.15, 0.2) is 0 Å². The normalized spacial score (nSPS) is 10.9. The van der Waals surface area contributed by atoms with Gasteiger partial charge in [0.05, 0.1) is 10.7 Å². The van der Waals surface area contributed by atoms with Crippen LogP contribution in [0.3, 0.4) is 0 Å². The van der Waals surface area contributed by atoms with Gasteiger partial charge in [-0.05, 0) is 35.9 Å². The van der Waals surface area contributed by atoms with Crippen molar-refractivity contribution in [2.75, 3.05) is 0 Å². The molecule has 0 atom stereocenters. The van der Waals surface area contributed by atoms with Crippen LogP contribution in [-0.4, -0.2) is 9.97 Å². The van der Waals surface area contributed by atoms with Crippen LogP contribution in [0.25, 0.3) is 11.3 Å². The lowest BCUT2D eigenvalue weighted by atomic mass is 10.1. The number of H-pyrrole nitrogens is 1. The Bertz CT molecular complexity index is 827. The van der Waals surface area contributed by atoms with Crippen molar-refractivity contribution in [3.05, 3.63) is 74.1 Å². The van der Waals surface area contributed by atoms with Gasteiger partial charge in [-0.2, -0.15) is 0 Å². The molecular formula is C16H10Cl4N2. The molecule has 1 heterocycles. The highest BCUT2D eigenvalue weighted by Gasteiger charge is 2.10. The van der Waals surface area contributed by atoms with Crippen molar-refractivity contribution in [3.63, 3.8) is 0 Å². The Kier molecular flexibility index (Phi) is 4.65. The van der Waals surface area contributed by atoms with Crippen molar-refractivity contribution < 1.29 is 0 Å². The number of halogens is 4. The van der Waals surface area contributed by atoms with Gasteiger partial charge in [-0.1, -0.05) is 52.5 Å². The molecule has 0 radical (unpaired) electrons. The lowest BCUT2D eigenvalue weighted by Gasteiger charge is -2.03. The Hall–Kier alpha value is -1.19. The molecule has 0 saturated heterocycles. The molecule has 2 aromatic carbocycles. The standard InChI is InChI=1S/C16H10Cl4N2/c17-10-2-1-9(13(19)6-10)5-16-21-8-15(22-16)12-4-3-11(18)7-14(12)20/h1-4,6-8H,5H2,(H,21,22). The second-order valence-corrected chi connectivity index (χ2v) is 6.46. The highest BCUT2D eigenvalue weighted by atomic mass is 35.5. The van der Waals surface area contributed by atoms with Gasteiger partial charge in [-0.25, -0.2) is 4.98 Å². The van der Waals surface area contributed by atoms with E-state index in [4.69, 9.17) is 46.4 Å². The number of nitrogens with one attached hydrogen (secondary N) is 1. The molecule has 0 aliphatic carbocycles. The molecule has 1 aromatic heterocycles. The van der Waals surface area contributed by atoms with Gasteiger partial charge in [0.2, 0.25) is 0 Å². The molecular weight excluding hydrogens is 362 g/mol. The lowest BCUT2D eigenvalue weighted by Crippen LogP contribution is -1.92. The fraction of sp³-hybridized carbons (Fsp3) is 0.0625. The summed E-state index contributed by atoms with van der Waals surface area (Å²) >= 11 is 24.2. The van der Waals surface area contributed by atoms with Crippen LogP contribution in [0.5, 0.6) is 0 Å². The molecule has 0 aliphatic heterocycles. The van der Waals surface area contributed by atoms with Crippen molar-refractivity contribution >= 4 is 46.4 Å². The fourth-order valence-electron chi connectivity index (χ4n) is 2.13. The minimum absolute atomic E-state index is 0.565. The topological polar surface area (TPSA) is 28.7 Å². The van der Waals surface area contributed by atoms with E-state index in [2.05, 4.69) is 9.97 Å². The molecule has 1 N–H and O–H groups in total. The van der Waals surface area contributed by atoms with E-state index in [1.165, 1.54) is 0 Å². The van der Waals surface area contributed by atoms with E-state index in [1.807, 2.05) is 24.4 Å². The molecule has 22 heavy (non-hydrogen) atoms. The first-order chi connectivity index (χ1) is 10.5. The monoisotopic (exact) mass is 370 g/mol. The summed E-state index contributed by atoms with van der Waals surface area (Å²) in [6.07, 6.45) is 2.40. The minimum atomic E-state index is 0.565. The maximum absolute atomic E-state index is 6.20. The zero-order valence-corrected chi connectivity index (χ0v) is 14.2. The quantitative estimate of drug-likeness (QED) is 0.576. The van der Waals surface area contributed by atoms with Gasteiger partial charge in [-0.15, -0.1) is 0 Å². The number of aromatic amines is 1. The average molecular weight is 372 g/mol. The van der Waals surface area contributed by atoms with Crippen LogP contribution in [-0.2, 0) is 6.42 Å². The third-order valence-corrected chi connectivity index (χ3v) is 4.35. The van der Waals surface area contributed by atoms with Crippen molar-refractivity contribution in [1.29, 1.82) is 0 Å². The molecule has 0 aliphatic rings. The number of benzene rings is 2. The molecule has 0 unspecified atom stereocenters. The molecule has 3 rings (SSSR count). The Morgan fingerprint density at radius 2 is 1.55 bits per heavy atom. The van der Waals surface area contributed by atoms with Crippen LogP contribution >= 0.6 is 46.4 Å². The van der Waals surface area contributed by atoms with Crippen LogP contribution in [0.4, 0.5) is 0 Å². The van der Waals surface area contributed by atoms with Crippen molar-refractivity contribution in [2.24, 2.45) is 0 Å². The molecule has 3 aromatic rings. The van der Waals surface area contributed by atoms with Crippen molar-refractivity contribution in [3.8, 4) is 11.3 Å². The third kappa shape index (κ3) is 3.41. The van der Waals surface area contributed by atoms with Crippen LogP contribution in [0.15, 0.2) is 42.6 Å². The average Bonchev–Trinajstić information content (AvgIpc) is 2.90. The lowest BCUT2D eigenvalue weighted by molar-refractivity contribution is 1.03. The summed E-state index contributed by atoms with van der Waals surface area (Å²) in [5, 5.41) is 2.39. The number of aromatic nitrogens is 2. The molecule has 0 bridgehead atoms. The summed E-state index contributed by atoms with van der Waals surface area (Å²) in [6, 6.07) is 10.7. The van der Waals surface area contributed by atoms with Crippen molar-refractivity contribution in [2.45, 2.75) is 6.42 Å². The molecule has 0 fully saturated rings. The molecule has 2 nitrogen and oxygen atoms in total. The Morgan fingerprint density at radius 3 is 2.23 bits per heavy atom. The van der Waals surface area contributed by atoms with Crippen LogP contribution < -0.4 is 0 Å². The zero-order chi connectivity index (χ0) is 15.7. The predicted molar refractivity (Wildman–Crippen MR) is 93.3 cm³/mol. The molecule has 0 saturated carbocycles. The van der Waals surface area contributed by atoms with E-state index in [-0.39, 0.29) is 0 Å². The van der Waals surface area contributed by atoms with Crippen LogP contribution in [0.1, 0.15) is 11.4 Å². The largest absolute Gasteiger partial charge is 0.348 e. The number of rotatable bonds is 3. The number of imidazole rings is 1. The van der Waals surface area contributed by atoms with E-state index in [1.54, 1.807) is 18.2 Å². The number of hydrogen-bond acceptors (Lipinski definition) is 1. The van der Waals surface area contributed by atoms with Crippen LogP contribution in [0.2, 0.25) is 20.1 Å². The van der Waals surface area contributed by atoms with Crippen LogP contribution in [0, 0.1) is 0 Å². The predicted octanol–water partition coefficient (Wildman–Crippen LogP) is 6.28. The highest BCUT2D eigenvalue weighted by Crippen LogP contribution is 2.30. The second kappa shape index (κ2) is 6.51. The van der Waals surface area contributed by atoms with Gasteiger partial charge in [0.1, 0.15) is 5.82 Å².